The van der Waals surface area contributed by atoms with Gasteiger partial charge < -0.3 is 4.98 Å². The van der Waals surface area contributed by atoms with Crippen molar-refractivity contribution in [2.45, 2.75) is 12.4 Å². The lowest BCUT2D eigenvalue weighted by atomic mass is 10.2. The quantitative estimate of drug-likeness (QED) is 0.433. The van der Waals surface area contributed by atoms with Gasteiger partial charge in [-0.1, -0.05) is 23.7 Å². The van der Waals surface area contributed by atoms with Crippen LogP contribution in [-0.4, -0.2) is 19.5 Å². The number of imidazole rings is 1. The minimum atomic E-state index is -4.90. The van der Waals surface area contributed by atoms with E-state index in [0.717, 1.165) is 10.6 Å². The van der Waals surface area contributed by atoms with Gasteiger partial charge in [0.05, 0.1) is 16.2 Å². The van der Waals surface area contributed by atoms with Crippen LogP contribution in [0.15, 0.2) is 41.2 Å². The number of H-pyrrole nitrogens is 1. The van der Waals surface area contributed by atoms with Crippen LogP contribution in [0.1, 0.15) is 11.5 Å². The monoisotopic (exact) mass is 432 g/mol. The van der Waals surface area contributed by atoms with E-state index in [4.69, 9.17) is 11.6 Å². The topological polar surface area (TPSA) is 63.6 Å². The number of benzene rings is 1. The zero-order valence-corrected chi connectivity index (χ0v) is 14.6. The molecule has 0 atom stereocenters. The Hall–Kier alpha value is -3.08. The number of aromatic nitrogens is 4. The van der Waals surface area contributed by atoms with E-state index in [1.165, 1.54) is 24.3 Å². The van der Waals surface area contributed by atoms with E-state index >= 15 is 0 Å². The minimum absolute atomic E-state index is 0.0129. The number of fused-ring (bicyclic) bond motifs is 3. The summed E-state index contributed by atoms with van der Waals surface area (Å²) in [7, 11) is 0. The van der Waals surface area contributed by atoms with Gasteiger partial charge in [-0.3, -0.25) is 9.36 Å². The predicted molar refractivity (Wildman–Crippen MR) is 92.0 cm³/mol. The van der Waals surface area contributed by atoms with E-state index < -0.39 is 40.6 Å². The fourth-order valence-corrected chi connectivity index (χ4v) is 3.11. The van der Waals surface area contributed by atoms with Gasteiger partial charge in [0.15, 0.2) is 5.52 Å². The third-order valence-electron chi connectivity index (χ3n) is 4.12. The summed E-state index contributed by atoms with van der Waals surface area (Å²) >= 11 is 6.07. The Bertz CT molecular complexity index is 1320. The molecule has 0 aliphatic heterocycles. The van der Waals surface area contributed by atoms with Crippen molar-refractivity contribution in [1.29, 1.82) is 0 Å². The van der Waals surface area contributed by atoms with Crippen LogP contribution in [0.25, 0.3) is 27.8 Å². The predicted octanol–water partition coefficient (Wildman–Crippen LogP) is 4.95. The second-order valence-electron chi connectivity index (χ2n) is 5.96. The van der Waals surface area contributed by atoms with Crippen molar-refractivity contribution in [3.63, 3.8) is 0 Å². The SMILES string of the molecule is O=c1c2nc(C(F)(F)F)[nH]c2c2ccc(C(F)(F)F)nc2n1-c1ccccc1Cl. The van der Waals surface area contributed by atoms with Crippen LogP contribution in [-0.2, 0) is 12.4 Å². The van der Waals surface area contributed by atoms with Crippen molar-refractivity contribution < 1.29 is 26.3 Å². The van der Waals surface area contributed by atoms with Crippen molar-refractivity contribution in [1.82, 2.24) is 19.5 Å². The molecule has 3 aromatic heterocycles. The van der Waals surface area contributed by atoms with E-state index in [1.54, 1.807) is 0 Å². The number of alkyl halides is 6. The summed E-state index contributed by atoms with van der Waals surface area (Å²) in [6.45, 7) is 0. The highest BCUT2D eigenvalue weighted by molar-refractivity contribution is 6.32. The second kappa shape index (κ2) is 6.21. The number of para-hydroxylation sites is 1. The number of pyridine rings is 2. The summed E-state index contributed by atoms with van der Waals surface area (Å²) in [6.07, 6.45) is -9.73. The lowest BCUT2D eigenvalue weighted by Crippen LogP contribution is -2.21. The van der Waals surface area contributed by atoms with Crippen LogP contribution in [0.2, 0.25) is 5.02 Å². The summed E-state index contributed by atoms with van der Waals surface area (Å²) < 4.78 is 79.4. The number of nitrogens with one attached hydrogen (secondary N) is 1. The average Bonchev–Trinajstić information content (AvgIpc) is 3.08. The van der Waals surface area contributed by atoms with Gasteiger partial charge in [-0.15, -0.1) is 0 Å². The Morgan fingerprint density at radius 3 is 2.24 bits per heavy atom. The summed E-state index contributed by atoms with van der Waals surface area (Å²) in [5.41, 5.74) is -3.95. The van der Waals surface area contributed by atoms with Crippen LogP contribution in [0.5, 0.6) is 0 Å². The molecule has 0 saturated heterocycles. The Kier molecular flexibility index (Phi) is 4.12. The molecule has 0 spiro atoms. The van der Waals surface area contributed by atoms with Crippen LogP contribution in [0.4, 0.5) is 26.3 Å². The first-order valence-electron chi connectivity index (χ1n) is 7.83. The molecule has 1 N–H and O–H groups in total. The van der Waals surface area contributed by atoms with Crippen molar-refractivity contribution in [2.75, 3.05) is 0 Å². The molecule has 29 heavy (non-hydrogen) atoms. The summed E-state index contributed by atoms with van der Waals surface area (Å²) in [6, 6.07) is 7.22. The molecule has 0 saturated carbocycles. The van der Waals surface area contributed by atoms with Crippen molar-refractivity contribution >= 4 is 33.7 Å². The van der Waals surface area contributed by atoms with Crippen molar-refractivity contribution in [3.8, 4) is 5.69 Å². The largest absolute Gasteiger partial charge is 0.449 e. The first-order valence-corrected chi connectivity index (χ1v) is 8.21. The second-order valence-corrected chi connectivity index (χ2v) is 6.37. The molecule has 4 rings (SSSR count). The molecule has 0 amide bonds. The van der Waals surface area contributed by atoms with Gasteiger partial charge in [-0.25, -0.2) is 9.97 Å². The van der Waals surface area contributed by atoms with Crippen LogP contribution in [0.3, 0.4) is 0 Å². The van der Waals surface area contributed by atoms with Crippen LogP contribution < -0.4 is 5.56 Å². The third kappa shape index (κ3) is 3.11. The number of halogens is 7. The zero-order valence-electron chi connectivity index (χ0n) is 13.9. The highest BCUT2D eigenvalue weighted by Gasteiger charge is 2.37. The normalized spacial score (nSPS) is 12.8. The minimum Gasteiger partial charge on any atom is -0.334 e. The molecule has 0 aliphatic carbocycles. The Labute approximate surface area is 161 Å². The smallest absolute Gasteiger partial charge is 0.334 e. The van der Waals surface area contributed by atoms with Crippen LogP contribution >= 0.6 is 11.6 Å². The Morgan fingerprint density at radius 1 is 0.931 bits per heavy atom. The molecule has 150 valence electrons. The zero-order chi connectivity index (χ0) is 21.1. The summed E-state index contributed by atoms with van der Waals surface area (Å²) in [5, 5.41) is -0.170. The van der Waals surface area contributed by atoms with Crippen LogP contribution in [0, 0.1) is 0 Å². The molecule has 5 nitrogen and oxygen atoms in total. The highest BCUT2D eigenvalue weighted by Crippen LogP contribution is 2.33. The fraction of sp³-hybridized carbons (Fsp3) is 0.118. The third-order valence-corrected chi connectivity index (χ3v) is 4.44. The van der Waals surface area contributed by atoms with E-state index in [-0.39, 0.29) is 21.6 Å². The number of hydrogen-bond acceptors (Lipinski definition) is 3. The maximum Gasteiger partial charge on any atom is 0.449 e. The average molecular weight is 433 g/mol. The molecule has 0 fully saturated rings. The lowest BCUT2D eigenvalue weighted by molar-refractivity contribution is -0.144. The first kappa shape index (κ1) is 19.2. The standard InChI is InChI=1S/C17H7ClF6N4O/c18-8-3-1-2-4-9(8)28-13-7(5-6-10(25-13)16(19,20)21)11-12(14(28)29)27-15(26-11)17(22,23)24/h1-6H,(H,26,27). The number of hydrogen-bond donors (Lipinski definition) is 1. The summed E-state index contributed by atoms with van der Waals surface area (Å²) in [4.78, 5) is 21.7. The van der Waals surface area contributed by atoms with E-state index in [0.29, 0.717) is 6.07 Å². The fourth-order valence-electron chi connectivity index (χ4n) is 2.89. The Balaban J connectivity index is 2.22. The summed E-state index contributed by atoms with van der Waals surface area (Å²) in [5.74, 6) is -1.46. The maximum absolute atomic E-state index is 13.2. The molecule has 0 radical (unpaired) electrons. The maximum atomic E-state index is 13.2. The molecule has 4 aromatic rings. The van der Waals surface area contributed by atoms with E-state index in [1.807, 2.05) is 4.98 Å². The van der Waals surface area contributed by atoms with Gasteiger partial charge in [-0.05, 0) is 24.3 Å². The molecular weight excluding hydrogens is 426 g/mol. The molecule has 12 heteroatoms. The van der Waals surface area contributed by atoms with Gasteiger partial charge in [0, 0.05) is 5.39 Å². The van der Waals surface area contributed by atoms with E-state index in [2.05, 4.69) is 9.97 Å². The molecular formula is C17H7ClF6N4O. The molecule has 0 unspecified atom stereocenters. The van der Waals surface area contributed by atoms with Gasteiger partial charge in [0.25, 0.3) is 5.56 Å². The van der Waals surface area contributed by atoms with Gasteiger partial charge >= 0.3 is 12.4 Å². The van der Waals surface area contributed by atoms with Crippen molar-refractivity contribution in [2.24, 2.45) is 0 Å². The van der Waals surface area contributed by atoms with E-state index in [9.17, 15) is 31.1 Å². The van der Waals surface area contributed by atoms with Gasteiger partial charge in [0.2, 0.25) is 5.82 Å². The molecule has 0 aliphatic rings. The van der Waals surface area contributed by atoms with Gasteiger partial charge in [-0.2, -0.15) is 26.3 Å². The number of aromatic amines is 1. The highest BCUT2D eigenvalue weighted by atomic mass is 35.5. The molecule has 3 heterocycles. The number of rotatable bonds is 1. The van der Waals surface area contributed by atoms with Gasteiger partial charge in [0.1, 0.15) is 11.3 Å². The molecule has 1 aromatic carbocycles. The number of nitrogens with zero attached hydrogens (tertiary/aromatic N) is 3. The van der Waals surface area contributed by atoms with Crippen molar-refractivity contribution in [3.05, 3.63) is 63.3 Å². The lowest BCUT2D eigenvalue weighted by Gasteiger charge is -2.13. The molecule has 0 bridgehead atoms. The Morgan fingerprint density at radius 2 is 1.62 bits per heavy atom. The first-order chi connectivity index (χ1) is 13.5.